The second-order valence-electron chi connectivity index (χ2n) is 10.5. The molecule has 0 bridgehead atoms. The van der Waals surface area contributed by atoms with Gasteiger partial charge in [-0.3, -0.25) is 13.9 Å². The fraction of sp³-hybridized carbons (Fsp3) is 0.114. The van der Waals surface area contributed by atoms with Gasteiger partial charge in [-0.25, -0.2) is 9.97 Å². The number of benzene rings is 4. The molecule has 1 N–H and O–H groups in total. The molecule has 0 radical (unpaired) electrons. The number of carbonyl (C=O) groups is 1. The third kappa shape index (κ3) is 18.1. The van der Waals surface area contributed by atoms with Crippen molar-refractivity contribution in [3.63, 3.8) is 0 Å². The molecule has 9 nitrogen and oxygen atoms in total. The van der Waals surface area contributed by atoms with E-state index in [1.165, 1.54) is 21.3 Å². The number of aromatic nitrogens is 4. The first-order valence-corrected chi connectivity index (χ1v) is 19.3. The second kappa shape index (κ2) is 27.2. The second-order valence-corrected chi connectivity index (χ2v) is 14.5. The molecule has 24 heteroatoms. The molecule has 6 aromatic rings. The summed E-state index contributed by atoms with van der Waals surface area (Å²) < 4.78 is 87.2. The Morgan fingerprint density at radius 2 is 1.05 bits per heavy atom. The van der Waals surface area contributed by atoms with Gasteiger partial charge in [0, 0.05) is 21.3 Å². The largest absolute Gasteiger partial charge is 1.00 e. The minimum absolute atomic E-state index is 0. The average Bonchev–Trinajstić information content (AvgIpc) is 3.79. The Labute approximate surface area is 464 Å². The number of phenolic OH excluding ortho intramolecular Hbond substituents is 1. The van der Waals surface area contributed by atoms with Crippen LogP contribution in [0.4, 0.5) is 26.3 Å². The minimum atomic E-state index is -4.61. The number of hydrogen-bond donors (Lipinski definition) is 1. The molecule has 2 heterocycles. The smallest absolute Gasteiger partial charge is 1.00 e. The van der Waals surface area contributed by atoms with Crippen LogP contribution in [0.15, 0.2) is 106 Å². The molecule has 0 unspecified atom stereocenters. The van der Waals surface area contributed by atoms with Crippen molar-refractivity contribution >= 4 is 101 Å². The molecule has 0 amide bonds. The van der Waals surface area contributed by atoms with E-state index in [0.29, 0.717) is 11.5 Å². The third-order valence-electron chi connectivity index (χ3n) is 6.66. The zero-order chi connectivity index (χ0) is 42.5. The van der Waals surface area contributed by atoms with E-state index in [0.717, 1.165) is 21.3 Å². The van der Waals surface area contributed by atoms with Crippen molar-refractivity contribution in [3.8, 4) is 22.9 Å². The van der Waals surface area contributed by atoms with Crippen LogP contribution in [0.5, 0.6) is 11.5 Å². The first-order chi connectivity index (χ1) is 26.8. The third-order valence-corrected chi connectivity index (χ3v) is 9.44. The summed E-state index contributed by atoms with van der Waals surface area (Å²) in [6.07, 6.45) is -7.39. The molecule has 6 rings (SSSR count). The monoisotopic (exact) mass is 1150 g/mol. The van der Waals surface area contributed by atoms with Crippen molar-refractivity contribution < 1.29 is 155 Å². The van der Waals surface area contributed by atoms with E-state index in [2.05, 4.69) is 62.6 Å². The van der Waals surface area contributed by atoms with Crippen LogP contribution >= 0.6 is 94.2 Å². The molecular weight excluding hydrogens is 1130 g/mol. The Morgan fingerprint density at radius 3 is 1.39 bits per heavy atom. The van der Waals surface area contributed by atoms with Gasteiger partial charge in [0.15, 0.2) is 17.2 Å². The van der Waals surface area contributed by atoms with E-state index in [1.807, 2.05) is 0 Å². The Bertz CT molecular complexity index is 2190. The predicted octanol–water partition coefficient (Wildman–Crippen LogP) is 6.34. The van der Waals surface area contributed by atoms with Crippen LogP contribution in [-0.2, 0) is 34.0 Å². The SMILES string of the molecule is FC(F)(F)c1cn(-c2c(Cl)cccc2Cl)c(CBr)n1.FC(F)(F)c1cn(-c2c(Cl)cccc2Cl)c(COc2ccc(Br)cc2)n1.O=CO[O-].Oc1ccc(Br)cc1.[H-].[K+].[K+]. The van der Waals surface area contributed by atoms with Crippen LogP contribution in [-0.4, -0.2) is 30.7 Å². The maximum absolute atomic E-state index is 13.1. The van der Waals surface area contributed by atoms with Crippen LogP contribution in [0.2, 0.25) is 20.1 Å². The number of phenols is 1. The first-order valence-electron chi connectivity index (χ1n) is 15.1. The number of imidazole rings is 2. The van der Waals surface area contributed by atoms with Crippen LogP contribution in [0.3, 0.4) is 0 Å². The summed E-state index contributed by atoms with van der Waals surface area (Å²) in [7, 11) is 0. The number of ether oxygens (including phenoxy) is 1. The quantitative estimate of drug-likeness (QED) is 0.0496. The zero-order valence-corrected chi connectivity index (χ0v) is 44.0. The number of para-hydroxylation sites is 2. The first kappa shape index (κ1) is 56.8. The zero-order valence-electron chi connectivity index (χ0n) is 31.0. The summed E-state index contributed by atoms with van der Waals surface area (Å²) in [4.78, 5) is 18.4. The summed E-state index contributed by atoms with van der Waals surface area (Å²) in [5.41, 5.74) is -1.54. The molecule has 0 aliphatic rings. The molecule has 0 saturated carbocycles. The van der Waals surface area contributed by atoms with E-state index >= 15 is 0 Å². The van der Waals surface area contributed by atoms with Crippen molar-refractivity contribution in [1.82, 2.24) is 19.1 Å². The van der Waals surface area contributed by atoms with E-state index in [9.17, 15) is 26.3 Å². The number of rotatable bonds is 7. The fourth-order valence-corrected chi connectivity index (χ4v) is 6.34. The normalized spacial score (nSPS) is 10.5. The molecule has 0 fully saturated rings. The molecule has 306 valence electrons. The van der Waals surface area contributed by atoms with Gasteiger partial charge in [0.25, 0.3) is 6.47 Å². The molecule has 0 saturated heterocycles. The molecule has 0 atom stereocenters. The number of nitrogens with zero attached hydrogens (tertiary/aromatic N) is 4. The van der Waals surface area contributed by atoms with Gasteiger partial charge in [0.2, 0.25) is 0 Å². The Morgan fingerprint density at radius 1 is 0.695 bits per heavy atom. The van der Waals surface area contributed by atoms with Crippen LogP contribution < -0.4 is 113 Å². The number of halogens is 13. The number of hydrogen-bond acceptors (Lipinski definition) is 7. The molecule has 0 aliphatic carbocycles. The number of carbonyl (C=O) groups excluding carboxylic acids is 1. The standard InChI is InChI=1S/C17H10BrCl2F3N2O.C11H6BrCl2F3N2.C6H5BrO.CH2O3.2K.H/c18-10-4-6-11(7-5-10)26-9-15-24-14(17(21,22)23)8-25(15)16-12(19)2-1-3-13(16)20;12-4-9-18-8(11(15,16)17)5-19(9)10-6(13)2-1-3-7(10)14;7-5-1-3-6(8)4-2-5;2-1-4-3;;;/h1-8H,9H2;1-3,5H,4H2;1-4,8H;1,3H;;;/q;;;;2*+1;-1/p-1. The molecule has 0 spiro atoms. The van der Waals surface area contributed by atoms with Gasteiger partial charge < -0.3 is 21.4 Å². The Balaban J connectivity index is 0.000000896. The van der Waals surface area contributed by atoms with Crippen LogP contribution in [0.1, 0.15) is 24.5 Å². The van der Waals surface area contributed by atoms with Crippen LogP contribution in [0, 0.1) is 0 Å². The molecule has 4 aromatic carbocycles. The summed E-state index contributed by atoms with van der Waals surface area (Å²) in [5.74, 6) is 0.979. The topological polar surface area (TPSA) is 114 Å². The summed E-state index contributed by atoms with van der Waals surface area (Å²) in [6, 6.07) is 23.1. The van der Waals surface area contributed by atoms with Gasteiger partial charge in [-0.15, -0.1) is 0 Å². The van der Waals surface area contributed by atoms with E-state index in [1.54, 1.807) is 72.8 Å². The molecule has 2 aromatic heterocycles. The van der Waals surface area contributed by atoms with Gasteiger partial charge >= 0.3 is 115 Å². The van der Waals surface area contributed by atoms with E-state index in [4.69, 9.17) is 66.3 Å². The van der Waals surface area contributed by atoms with E-state index in [-0.39, 0.29) is 166 Å². The number of aromatic hydroxyl groups is 1. The minimum Gasteiger partial charge on any atom is -1.00 e. The molecule has 59 heavy (non-hydrogen) atoms. The summed E-state index contributed by atoms with van der Waals surface area (Å²) in [5, 5.41) is 18.2. The Kier molecular flexibility index (Phi) is 26.2. The average molecular weight is 1150 g/mol. The van der Waals surface area contributed by atoms with Gasteiger partial charge in [-0.1, -0.05) is 106 Å². The van der Waals surface area contributed by atoms with Crippen molar-refractivity contribution in [2.24, 2.45) is 0 Å². The summed E-state index contributed by atoms with van der Waals surface area (Å²) in [6.45, 7) is -0.376. The van der Waals surface area contributed by atoms with E-state index < -0.39 is 23.7 Å². The van der Waals surface area contributed by atoms with Gasteiger partial charge in [-0.05, 0) is 72.8 Å². The van der Waals surface area contributed by atoms with Crippen LogP contribution in [0.25, 0.3) is 11.4 Å². The molecule has 0 aliphatic heterocycles. The van der Waals surface area contributed by atoms with Crippen molar-refractivity contribution in [3.05, 3.63) is 149 Å². The summed E-state index contributed by atoms with van der Waals surface area (Å²) >= 11 is 33.9. The van der Waals surface area contributed by atoms with Gasteiger partial charge in [-0.2, -0.15) is 26.3 Å². The predicted molar refractivity (Wildman–Crippen MR) is 212 cm³/mol. The maximum atomic E-state index is 13.1. The number of alkyl halides is 7. The molecular formula is C35H23Br3Cl4F6K2N4O5. The maximum Gasteiger partial charge on any atom is 1.00 e. The van der Waals surface area contributed by atoms with Gasteiger partial charge in [0.1, 0.15) is 23.9 Å². The van der Waals surface area contributed by atoms with Gasteiger partial charge in [0.05, 0.1) is 36.8 Å². The van der Waals surface area contributed by atoms with Crippen molar-refractivity contribution in [2.75, 3.05) is 0 Å². The van der Waals surface area contributed by atoms with Crippen molar-refractivity contribution in [1.29, 1.82) is 0 Å². The van der Waals surface area contributed by atoms with Crippen molar-refractivity contribution in [2.45, 2.75) is 24.3 Å². The Hall–Kier alpha value is -0.217. The fourth-order valence-electron chi connectivity index (χ4n) is 4.25.